The minimum absolute atomic E-state index is 0.284. The van der Waals surface area contributed by atoms with Crippen LogP contribution in [-0.4, -0.2) is 36.4 Å². The monoisotopic (exact) mass is 328 g/mol. The zero-order valence-corrected chi connectivity index (χ0v) is 13.0. The van der Waals surface area contributed by atoms with Gasteiger partial charge in [0.05, 0.1) is 24.1 Å². The average Bonchev–Trinajstić information content (AvgIpc) is 2.62. The summed E-state index contributed by atoms with van der Waals surface area (Å²) in [5.74, 6) is 0.878. The van der Waals surface area contributed by atoms with Crippen LogP contribution < -0.4 is 9.47 Å². The van der Waals surface area contributed by atoms with Crippen molar-refractivity contribution in [3.8, 4) is 11.6 Å². The molecular formula is C18H17FN2O3. The summed E-state index contributed by atoms with van der Waals surface area (Å²) < 4.78 is 29.3. The van der Waals surface area contributed by atoms with Crippen LogP contribution in [0.15, 0.2) is 54.9 Å². The minimum Gasteiger partial charge on any atom is -0.491 e. The number of benzene rings is 2. The third-order valence-corrected chi connectivity index (χ3v) is 3.28. The molecule has 0 radical (unpaired) electrons. The molecular weight excluding hydrogens is 311 g/mol. The maximum atomic E-state index is 12.7. The van der Waals surface area contributed by atoms with Crippen LogP contribution in [0.2, 0.25) is 0 Å². The maximum Gasteiger partial charge on any atom is 0.224 e. The highest BCUT2D eigenvalue weighted by Crippen LogP contribution is 2.20. The van der Waals surface area contributed by atoms with E-state index >= 15 is 0 Å². The Morgan fingerprint density at radius 1 is 0.792 bits per heavy atom. The van der Waals surface area contributed by atoms with E-state index in [4.69, 9.17) is 14.2 Å². The van der Waals surface area contributed by atoms with Crippen molar-refractivity contribution in [2.24, 2.45) is 0 Å². The number of nitrogens with zero attached hydrogens (tertiary/aromatic N) is 2. The highest BCUT2D eigenvalue weighted by molar-refractivity contribution is 5.82. The van der Waals surface area contributed by atoms with Gasteiger partial charge in [-0.25, -0.2) is 14.4 Å². The Labute approximate surface area is 139 Å². The molecule has 6 heteroatoms. The van der Waals surface area contributed by atoms with Gasteiger partial charge in [-0.15, -0.1) is 0 Å². The van der Waals surface area contributed by atoms with E-state index in [1.54, 1.807) is 12.1 Å². The van der Waals surface area contributed by atoms with Crippen LogP contribution in [0.4, 0.5) is 4.39 Å². The van der Waals surface area contributed by atoms with Crippen molar-refractivity contribution in [1.82, 2.24) is 9.97 Å². The second-order valence-electron chi connectivity index (χ2n) is 4.96. The van der Waals surface area contributed by atoms with Gasteiger partial charge < -0.3 is 14.2 Å². The minimum atomic E-state index is -0.284. The molecule has 0 spiro atoms. The van der Waals surface area contributed by atoms with Crippen LogP contribution >= 0.6 is 0 Å². The molecule has 3 rings (SSSR count). The smallest absolute Gasteiger partial charge is 0.224 e. The lowest BCUT2D eigenvalue weighted by atomic mass is 10.2. The number of aromatic nitrogens is 2. The van der Waals surface area contributed by atoms with Gasteiger partial charge in [0, 0.05) is 0 Å². The quantitative estimate of drug-likeness (QED) is 0.594. The third-order valence-electron chi connectivity index (χ3n) is 3.28. The highest BCUT2D eigenvalue weighted by Gasteiger charge is 2.03. The maximum absolute atomic E-state index is 12.7. The standard InChI is InChI=1S/C18H17FN2O3/c19-14-5-7-15(8-6-14)23-11-9-22-10-12-24-18-16-3-1-2-4-17(16)20-13-21-18/h1-8,13H,9-12H2. The van der Waals surface area contributed by atoms with Gasteiger partial charge in [0.25, 0.3) is 0 Å². The number of halogens is 1. The Morgan fingerprint density at radius 3 is 2.38 bits per heavy atom. The molecule has 0 N–H and O–H groups in total. The number of rotatable bonds is 8. The molecule has 1 heterocycles. The Hall–Kier alpha value is -2.73. The van der Waals surface area contributed by atoms with Gasteiger partial charge in [0.15, 0.2) is 0 Å². The molecule has 24 heavy (non-hydrogen) atoms. The molecule has 0 bridgehead atoms. The van der Waals surface area contributed by atoms with E-state index in [1.807, 2.05) is 24.3 Å². The summed E-state index contributed by atoms with van der Waals surface area (Å²) in [5, 5.41) is 0.875. The van der Waals surface area contributed by atoms with Gasteiger partial charge >= 0.3 is 0 Å². The molecule has 124 valence electrons. The average molecular weight is 328 g/mol. The predicted molar refractivity (Wildman–Crippen MR) is 87.7 cm³/mol. The molecule has 2 aromatic carbocycles. The van der Waals surface area contributed by atoms with E-state index < -0.39 is 0 Å². The summed E-state index contributed by atoms with van der Waals surface area (Å²) in [6.45, 7) is 1.62. The van der Waals surface area contributed by atoms with Gasteiger partial charge in [-0.05, 0) is 36.4 Å². The second-order valence-corrected chi connectivity index (χ2v) is 4.96. The zero-order chi connectivity index (χ0) is 16.6. The van der Waals surface area contributed by atoms with Crippen LogP contribution in [0.5, 0.6) is 11.6 Å². The molecule has 0 atom stereocenters. The fourth-order valence-corrected chi connectivity index (χ4v) is 2.14. The van der Waals surface area contributed by atoms with Gasteiger partial charge in [-0.1, -0.05) is 12.1 Å². The summed E-state index contributed by atoms with van der Waals surface area (Å²) in [7, 11) is 0. The first-order chi connectivity index (χ1) is 11.8. The van der Waals surface area contributed by atoms with Gasteiger partial charge in [0.1, 0.15) is 31.1 Å². The summed E-state index contributed by atoms with van der Waals surface area (Å²) in [5.41, 5.74) is 0.844. The predicted octanol–water partition coefficient (Wildman–Crippen LogP) is 3.24. The Kier molecular flexibility index (Phi) is 5.52. The highest BCUT2D eigenvalue weighted by atomic mass is 19.1. The van der Waals surface area contributed by atoms with E-state index in [2.05, 4.69) is 9.97 Å². The first-order valence-corrected chi connectivity index (χ1v) is 7.61. The van der Waals surface area contributed by atoms with E-state index in [0.717, 1.165) is 10.9 Å². The molecule has 0 fully saturated rings. The second kappa shape index (κ2) is 8.21. The Balaban J connectivity index is 1.36. The SMILES string of the molecule is Fc1ccc(OCCOCCOc2ncnc3ccccc23)cc1. The number of hydrogen-bond donors (Lipinski definition) is 0. The topological polar surface area (TPSA) is 53.5 Å². The first kappa shape index (κ1) is 16.1. The van der Waals surface area contributed by atoms with Crippen LogP contribution in [0.3, 0.4) is 0 Å². The lowest BCUT2D eigenvalue weighted by Crippen LogP contribution is -2.12. The summed E-state index contributed by atoms with van der Waals surface area (Å²) in [6, 6.07) is 13.5. The molecule has 0 aliphatic rings. The number of hydrogen-bond acceptors (Lipinski definition) is 5. The van der Waals surface area contributed by atoms with Crippen LogP contribution in [0.25, 0.3) is 10.9 Å². The number of ether oxygens (including phenoxy) is 3. The van der Waals surface area contributed by atoms with Crippen molar-refractivity contribution in [3.05, 3.63) is 60.7 Å². The van der Waals surface area contributed by atoms with E-state index in [9.17, 15) is 4.39 Å². The Morgan fingerprint density at radius 2 is 1.54 bits per heavy atom. The summed E-state index contributed by atoms with van der Waals surface area (Å²) in [6.07, 6.45) is 1.48. The van der Waals surface area contributed by atoms with Crippen molar-refractivity contribution in [2.75, 3.05) is 26.4 Å². The van der Waals surface area contributed by atoms with Crippen LogP contribution in [0, 0.1) is 5.82 Å². The normalized spacial score (nSPS) is 10.7. The number of para-hydroxylation sites is 1. The fraction of sp³-hybridized carbons (Fsp3) is 0.222. The van der Waals surface area contributed by atoms with Crippen molar-refractivity contribution in [3.63, 3.8) is 0 Å². The molecule has 0 aliphatic carbocycles. The third kappa shape index (κ3) is 4.39. The summed E-state index contributed by atoms with van der Waals surface area (Å²) in [4.78, 5) is 8.33. The van der Waals surface area contributed by atoms with E-state index in [-0.39, 0.29) is 5.82 Å². The molecule has 0 aliphatic heterocycles. The molecule has 3 aromatic rings. The molecule has 0 amide bonds. The fourth-order valence-electron chi connectivity index (χ4n) is 2.14. The Bertz CT molecular complexity index is 775. The molecule has 5 nitrogen and oxygen atoms in total. The van der Waals surface area contributed by atoms with E-state index in [0.29, 0.717) is 38.1 Å². The summed E-state index contributed by atoms with van der Waals surface area (Å²) >= 11 is 0. The van der Waals surface area contributed by atoms with Gasteiger partial charge in [-0.3, -0.25) is 0 Å². The van der Waals surface area contributed by atoms with Gasteiger partial charge in [0.2, 0.25) is 5.88 Å². The van der Waals surface area contributed by atoms with Crippen molar-refractivity contribution >= 4 is 10.9 Å². The lowest BCUT2D eigenvalue weighted by molar-refractivity contribution is 0.0757. The van der Waals surface area contributed by atoms with Crippen molar-refractivity contribution in [2.45, 2.75) is 0 Å². The van der Waals surface area contributed by atoms with E-state index in [1.165, 1.54) is 18.5 Å². The molecule has 0 saturated heterocycles. The number of fused-ring (bicyclic) bond motifs is 1. The zero-order valence-electron chi connectivity index (χ0n) is 13.0. The molecule has 1 aromatic heterocycles. The van der Waals surface area contributed by atoms with Crippen LogP contribution in [0.1, 0.15) is 0 Å². The molecule has 0 saturated carbocycles. The van der Waals surface area contributed by atoms with Gasteiger partial charge in [-0.2, -0.15) is 0 Å². The van der Waals surface area contributed by atoms with Crippen LogP contribution in [-0.2, 0) is 4.74 Å². The largest absolute Gasteiger partial charge is 0.491 e. The van der Waals surface area contributed by atoms with Crippen molar-refractivity contribution < 1.29 is 18.6 Å². The van der Waals surface area contributed by atoms with Crippen molar-refractivity contribution in [1.29, 1.82) is 0 Å². The molecule has 0 unspecified atom stereocenters. The first-order valence-electron chi connectivity index (χ1n) is 7.61. The lowest BCUT2D eigenvalue weighted by Gasteiger charge is -2.09.